The number of oxazole rings is 1. The van der Waals surface area contributed by atoms with Gasteiger partial charge in [-0.2, -0.15) is 0 Å². The Bertz CT molecular complexity index is 822. The molecule has 2 aromatic rings. The molecule has 1 saturated heterocycles. The van der Waals surface area contributed by atoms with Gasteiger partial charge in [-0.05, 0) is 36.5 Å². The maximum absolute atomic E-state index is 12.4. The Balaban J connectivity index is 1.70. The van der Waals surface area contributed by atoms with Gasteiger partial charge in [-0.15, -0.1) is 0 Å². The molecule has 1 atom stereocenters. The molecular weight excluding hydrogens is 334 g/mol. The molecule has 7 heteroatoms. The number of carbonyl (C=O) groups is 2. The van der Waals surface area contributed by atoms with Crippen LogP contribution in [0, 0.1) is 11.3 Å². The largest absolute Gasteiger partial charge is 0.481 e. The summed E-state index contributed by atoms with van der Waals surface area (Å²) < 4.78 is 5.76. The van der Waals surface area contributed by atoms with Gasteiger partial charge in [-0.25, -0.2) is 9.78 Å². The first kappa shape index (κ1) is 18.2. The van der Waals surface area contributed by atoms with Crippen molar-refractivity contribution < 1.29 is 19.1 Å². The maximum atomic E-state index is 12.4. The van der Waals surface area contributed by atoms with Crippen LogP contribution in [0.4, 0.5) is 10.5 Å². The molecule has 1 aromatic carbocycles. The third-order valence-corrected chi connectivity index (χ3v) is 4.42. The van der Waals surface area contributed by atoms with Crippen LogP contribution >= 0.6 is 0 Å². The summed E-state index contributed by atoms with van der Waals surface area (Å²) in [4.78, 5) is 29.7. The number of nitrogens with one attached hydrogen (secondary N) is 1. The van der Waals surface area contributed by atoms with Gasteiger partial charge in [0.2, 0.25) is 0 Å². The van der Waals surface area contributed by atoms with Crippen molar-refractivity contribution >= 4 is 28.8 Å². The van der Waals surface area contributed by atoms with Gasteiger partial charge in [0, 0.05) is 25.2 Å². The Morgan fingerprint density at radius 2 is 2.15 bits per heavy atom. The van der Waals surface area contributed by atoms with E-state index in [1.165, 1.54) is 0 Å². The Kier molecular flexibility index (Phi) is 4.89. The molecule has 0 bridgehead atoms. The van der Waals surface area contributed by atoms with Crippen molar-refractivity contribution in [2.45, 2.75) is 40.0 Å². The summed E-state index contributed by atoms with van der Waals surface area (Å²) in [7, 11) is 0. The van der Waals surface area contributed by atoms with Gasteiger partial charge in [-0.3, -0.25) is 4.79 Å². The van der Waals surface area contributed by atoms with Crippen molar-refractivity contribution in [3.63, 3.8) is 0 Å². The van der Waals surface area contributed by atoms with Crippen molar-refractivity contribution in [3.8, 4) is 0 Å². The highest BCUT2D eigenvalue weighted by atomic mass is 16.4. The summed E-state index contributed by atoms with van der Waals surface area (Å²) in [6.07, 6.45) is 2.04. The first-order valence-electron chi connectivity index (χ1n) is 8.89. The molecule has 3 rings (SSSR count). The zero-order chi connectivity index (χ0) is 18.9. The number of likely N-dealkylation sites (tertiary alicyclic amines) is 1. The molecule has 1 aliphatic heterocycles. The number of hydrogen-bond donors (Lipinski definition) is 2. The third-order valence-electron chi connectivity index (χ3n) is 4.42. The minimum atomic E-state index is -0.849. The van der Waals surface area contributed by atoms with Crippen molar-refractivity contribution in [3.05, 3.63) is 24.1 Å². The fraction of sp³-hybridized carbons (Fsp3) is 0.526. The molecule has 1 fully saturated rings. The zero-order valence-corrected chi connectivity index (χ0v) is 15.4. The first-order chi connectivity index (χ1) is 12.2. The number of aromatic nitrogens is 1. The zero-order valence-electron chi connectivity index (χ0n) is 15.4. The predicted octanol–water partition coefficient (Wildman–Crippen LogP) is 3.74. The summed E-state index contributed by atoms with van der Waals surface area (Å²) >= 11 is 0. The van der Waals surface area contributed by atoms with Crippen LogP contribution in [0.1, 0.15) is 39.5 Å². The Morgan fingerprint density at radius 3 is 2.85 bits per heavy atom. The highest BCUT2D eigenvalue weighted by Crippen LogP contribution is 2.25. The molecule has 140 valence electrons. The molecule has 0 saturated carbocycles. The van der Waals surface area contributed by atoms with E-state index in [1.54, 1.807) is 23.1 Å². The monoisotopic (exact) mass is 359 g/mol. The number of carboxylic acid groups (broad SMARTS) is 1. The smallest absolute Gasteiger partial charge is 0.321 e. The van der Waals surface area contributed by atoms with Crippen LogP contribution in [-0.4, -0.2) is 40.1 Å². The second kappa shape index (κ2) is 6.97. The van der Waals surface area contributed by atoms with Crippen LogP contribution in [0.3, 0.4) is 0 Å². The molecule has 1 aromatic heterocycles. The molecule has 2 N–H and O–H groups in total. The fourth-order valence-corrected chi connectivity index (χ4v) is 3.15. The number of urea groups is 1. The number of nitrogens with zero attached hydrogens (tertiary/aromatic N) is 2. The van der Waals surface area contributed by atoms with E-state index < -0.39 is 11.9 Å². The van der Waals surface area contributed by atoms with Crippen molar-refractivity contribution in [1.29, 1.82) is 0 Å². The van der Waals surface area contributed by atoms with Crippen LogP contribution < -0.4 is 5.32 Å². The number of fused-ring (bicyclic) bond motifs is 1. The van der Waals surface area contributed by atoms with Crippen LogP contribution in [0.2, 0.25) is 0 Å². The van der Waals surface area contributed by atoms with E-state index >= 15 is 0 Å². The van der Waals surface area contributed by atoms with Gasteiger partial charge in [0.05, 0.1) is 5.92 Å². The summed E-state index contributed by atoms with van der Waals surface area (Å²) in [6.45, 7) is 7.17. The minimum Gasteiger partial charge on any atom is -0.481 e. The summed E-state index contributed by atoms with van der Waals surface area (Å²) in [5.74, 6) is -0.665. The second-order valence-electron chi connectivity index (χ2n) is 8.08. The number of hydrogen-bond acceptors (Lipinski definition) is 4. The van der Waals surface area contributed by atoms with Crippen LogP contribution in [-0.2, 0) is 11.2 Å². The van der Waals surface area contributed by atoms with E-state index in [9.17, 15) is 9.59 Å². The van der Waals surface area contributed by atoms with E-state index in [4.69, 9.17) is 9.52 Å². The quantitative estimate of drug-likeness (QED) is 0.870. The molecular formula is C19H25N3O4. The summed E-state index contributed by atoms with van der Waals surface area (Å²) in [5, 5.41) is 12.0. The van der Waals surface area contributed by atoms with Crippen LogP contribution in [0.25, 0.3) is 11.1 Å². The lowest BCUT2D eigenvalue weighted by atomic mass is 9.92. The lowest BCUT2D eigenvalue weighted by molar-refractivity contribution is -0.143. The van der Waals surface area contributed by atoms with Gasteiger partial charge in [0.1, 0.15) is 5.52 Å². The lowest BCUT2D eigenvalue weighted by Gasteiger charge is -2.30. The number of rotatable bonds is 3. The predicted molar refractivity (Wildman–Crippen MR) is 98.1 cm³/mol. The Morgan fingerprint density at radius 1 is 1.38 bits per heavy atom. The Hall–Kier alpha value is -2.57. The number of carbonyl (C=O) groups excluding carboxylic acids is 1. The highest BCUT2D eigenvalue weighted by molar-refractivity contribution is 5.92. The highest BCUT2D eigenvalue weighted by Gasteiger charge is 2.28. The molecule has 1 aliphatic rings. The average molecular weight is 359 g/mol. The number of carboxylic acids is 1. The molecule has 2 amide bonds. The van der Waals surface area contributed by atoms with E-state index in [0.717, 1.165) is 6.42 Å². The third kappa shape index (κ3) is 4.33. The fourth-order valence-electron chi connectivity index (χ4n) is 3.15. The number of aliphatic carboxylic acids is 1. The minimum absolute atomic E-state index is 0.0763. The van der Waals surface area contributed by atoms with Gasteiger partial charge in [0.15, 0.2) is 11.5 Å². The van der Waals surface area contributed by atoms with Crippen molar-refractivity contribution in [1.82, 2.24) is 9.88 Å². The van der Waals surface area contributed by atoms with Crippen molar-refractivity contribution in [2.24, 2.45) is 11.3 Å². The van der Waals surface area contributed by atoms with E-state index in [-0.39, 0.29) is 18.0 Å². The first-order valence-corrected chi connectivity index (χ1v) is 8.89. The van der Waals surface area contributed by atoms with E-state index in [1.807, 2.05) is 0 Å². The molecule has 26 heavy (non-hydrogen) atoms. The summed E-state index contributed by atoms with van der Waals surface area (Å²) in [6, 6.07) is 5.06. The molecule has 7 nitrogen and oxygen atoms in total. The number of amides is 2. The number of benzene rings is 1. The topological polar surface area (TPSA) is 95.7 Å². The maximum Gasteiger partial charge on any atom is 0.321 e. The number of anilines is 1. The Labute approximate surface area is 152 Å². The van der Waals surface area contributed by atoms with E-state index in [2.05, 4.69) is 31.1 Å². The van der Waals surface area contributed by atoms with Crippen molar-refractivity contribution in [2.75, 3.05) is 18.4 Å². The average Bonchev–Trinajstić information content (AvgIpc) is 2.94. The summed E-state index contributed by atoms with van der Waals surface area (Å²) in [5.41, 5.74) is 2.08. The lowest BCUT2D eigenvalue weighted by Crippen LogP contribution is -2.44. The SMILES string of the molecule is CC(C)(C)Cc1nc2cc(NC(=O)N3CCCC(C(=O)O)C3)ccc2o1. The van der Waals surface area contributed by atoms with E-state index in [0.29, 0.717) is 42.1 Å². The second-order valence-corrected chi connectivity index (χ2v) is 8.08. The van der Waals surface area contributed by atoms with Gasteiger partial charge in [0.25, 0.3) is 0 Å². The van der Waals surface area contributed by atoms with Crippen LogP contribution in [0.5, 0.6) is 0 Å². The molecule has 1 unspecified atom stereocenters. The van der Waals surface area contributed by atoms with Gasteiger partial charge < -0.3 is 19.7 Å². The standard InChI is InChI=1S/C19H25N3O4/c1-19(2,3)10-16-21-14-9-13(6-7-15(14)26-16)20-18(25)22-8-4-5-12(11-22)17(23)24/h6-7,9,12H,4-5,8,10-11H2,1-3H3,(H,20,25)(H,23,24). The normalized spacial score (nSPS) is 18.1. The molecule has 0 radical (unpaired) electrons. The van der Waals surface area contributed by atoms with Gasteiger partial charge >= 0.3 is 12.0 Å². The molecule has 0 aliphatic carbocycles. The molecule has 2 heterocycles. The van der Waals surface area contributed by atoms with Gasteiger partial charge in [-0.1, -0.05) is 20.8 Å². The number of piperidine rings is 1. The molecule has 0 spiro atoms. The van der Waals surface area contributed by atoms with Crippen LogP contribution in [0.15, 0.2) is 22.6 Å².